The first-order valence-corrected chi connectivity index (χ1v) is 7.72. The Bertz CT molecular complexity index is 543. The number of hydrogen-bond acceptors (Lipinski definition) is 5. The van der Waals surface area contributed by atoms with E-state index in [1.165, 1.54) is 0 Å². The lowest BCUT2D eigenvalue weighted by atomic mass is 10.1. The van der Waals surface area contributed by atoms with Gasteiger partial charge in [-0.05, 0) is 38.5 Å². The summed E-state index contributed by atoms with van der Waals surface area (Å²) in [5, 5.41) is 0. The van der Waals surface area contributed by atoms with Gasteiger partial charge in [0.15, 0.2) is 0 Å². The van der Waals surface area contributed by atoms with Crippen LogP contribution in [0.5, 0.6) is 0 Å². The molecule has 126 valence electrons. The molecule has 1 saturated heterocycles. The van der Waals surface area contributed by atoms with E-state index in [-0.39, 0.29) is 0 Å². The van der Waals surface area contributed by atoms with Crippen LogP contribution in [-0.4, -0.2) is 38.0 Å². The highest BCUT2D eigenvalue weighted by Gasteiger charge is 2.16. The molecule has 0 bridgehead atoms. The van der Waals surface area contributed by atoms with Gasteiger partial charge < -0.3 is 14.4 Å². The largest absolute Gasteiger partial charge is 0.443 e. The Morgan fingerprint density at radius 2 is 1.78 bits per heavy atom. The van der Waals surface area contributed by atoms with Gasteiger partial charge in [0.1, 0.15) is 5.60 Å². The second-order valence-electron chi connectivity index (χ2n) is 6.38. The average molecular weight is 319 g/mol. The van der Waals surface area contributed by atoms with Crippen LogP contribution in [0.4, 0.5) is 10.5 Å². The van der Waals surface area contributed by atoms with Gasteiger partial charge in [-0.2, -0.15) is 0 Å². The zero-order valence-electron chi connectivity index (χ0n) is 14.0. The van der Waals surface area contributed by atoms with Crippen LogP contribution in [0, 0.1) is 0 Å². The summed E-state index contributed by atoms with van der Waals surface area (Å²) in [6, 6.07) is 8.02. The number of morpholine rings is 1. The molecule has 0 spiro atoms. The number of hydrazine groups is 1. The van der Waals surface area contributed by atoms with Crippen molar-refractivity contribution in [3.8, 4) is 0 Å². The van der Waals surface area contributed by atoms with Crippen LogP contribution < -0.4 is 15.8 Å². The van der Waals surface area contributed by atoms with Gasteiger partial charge in [-0.3, -0.25) is 5.43 Å². The smallest absolute Gasteiger partial charge is 0.426 e. The normalized spacial score (nSPS) is 15.0. The minimum atomic E-state index is -0.538. The van der Waals surface area contributed by atoms with Gasteiger partial charge in [0.25, 0.3) is 0 Å². The molecule has 1 aliphatic heterocycles. The Morgan fingerprint density at radius 1 is 1.17 bits per heavy atom. The summed E-state index contributed by atoms with van der Waals surface area (Å²) >= 11 is 0. The maximum absolute atomic E-state index is 11.6. The molecule has 2 N–H and O–H groups in total. The number of anilines is 1. The molecule has 0 saturated carbocycles. The van der Waals surface area contributed by atoms with Crippen LogP contribution in [0.2, 0.25) is 0 Å². The lowest BCUT2D eigenvalue weighted by Crippen LogP contribution is -2.40. The van der Waals surface area contributed by atoms with E-state index in [4.69, 9.17) is 9.47 Å². The number of benzene rings is 1. The third-order valence-electron chi connectivity index (χ3n) is 3.31. The van der Waals surface area contributed by atoms with E-state index in [1.54, 1.807) is 0 Å². The van der Waals surface area contributed by atoms with Gasteiger partial charge in [0.2, 0.25) is 0 Å². The molecule has 23 heavy (non-hydrogen) atoms. The number of carbonyl (C=O) groups excluding carboxylic acids is 1. The number of nitrogens with zero attached hydrogens (tertiary/aromatic N) is 1. The van der Waals surface area contributed by atoms with Crippen LogP contribution in [0.1, 0.15) is 26.3 Å². The summed E-state index contributed by atoms with van der Waals surface area (Å²) < 4.78 is 10.5. The highest BCUT2D eigenvalue weighted by molar-refractivity contribution is 5.71. The van der Waals surface area contributed by atoms with Gasteiger partial charge in [-0.25, -0.2) is 10.2 Å². The minimum absolute atomic E-state index is 0.535. The van der Waals surface area contributed by atoms with E-state index >= 15 is 0 Å². The zero-order valence-corrected chi connectivity index (χ0v) is 14.0. The number of hydrogen-bond donors (Lipinski definition) is 2. The van der Waals surface area contributed by atoms with Crippen molar-refractivity contribution in [3.05, 3.63) is 36.4 Å². The second-order valence-corrected chi connectivity index (χ2v) is 6.38. The number of nitrogens with one attached hydrogen (secondary N) is 2. The van der Waals surface area contributed by atoms with Crippen LogP contribution in [0.3, 0.4) is 0 Å². The Labute approximate surface area is 137 Å². The van der Waals surface area contributed by atoms with Crippen LogP contribution >= 0.6 is 0 Å². The molecule has 6 nitrogen and oxygen atoms in total. The molecule has 6 heteroatoms. The summed E-state index contributed by atoms with van der Waals surface area (Å²) in [5.41, 5.74) is 7.37. The maximum atomic E-state index is 11.6. The molecular weight excluding hydrogens is 294 g/mol. The van der Waals surface area contributed by atoms with Crippen LogP contribution in [0.25, 0.3) is 5.70 Å². The Balaban J connectivity index is 1.86. The van der Waals surface area contributed by atoms with E-state index in [9.17, 15) is 4.79 Å². The SMILES string of the molecule is C=C(NNC(=O)OC(C)(C)C)c1ccc(N2CCOCC2)cc1. The fraction of sp³-hybridized carbons (Fsp3) is 0.471. The van der Waals surface area contributed by atoms with Gasteiger partial charge >= 0.3 is 6.09 Å². The minimum Gasteiger partial charge on any atom is -0.443 e. The summed E-state index contributed by atoms with van der Waals surface area (Å²) in [5.74, 6) is 0. The number of ether oxygens (including phenoxy) is 2. The van der Waals surface area contributed by atoms with E-state index in [1.807, 2.05) is 45.0 Å². The van der Waals surface area contributed by atoms with Crippen LogP contribution in [0.15, 0.2) is 30.8 Å². The monoisotopic (exact) mass is 319 g/mol. The highest BCUT2D eigenvalue weighted by atomic mass is 16.6. The lowest BCUT2D eigenvalue weighted by molar-refractivity contribution is 0.0511. The number of amides is 1. The van der Waals surface area contributed by atoms with Crippen molar-refractivity contribution >= 4 is 17.5 Å². The molecule has 1 aromatic carbocycles. The molecule has 0 aliphatic carbocycles. The molecule has 0 atom stereocenters. The molecule has 2 rings (SSSR count). The van der Waals surface area contributed by atoms with Gasteiger partial charge in [-0.15, -0.1) is 0 Å². The Hall–Kier alpha value is -2.21. The second kappa shape index (κ2) is 7.37. The molecule has 1 amide bonds. The Kier molecular flexibility index (Phi) is 5.50. The summed E-state index contributed by atoms with van der Waals surface area (Å²) in [4.78, 5) is 13.9. The molecule has 1 heterocycles. The summed E-state index contributed by atoms with van der Waals surface area (Å²) in [7, 11) is 0. The van der Waals surface area contributed by atoms with Crippen molar-refractivity contribution in [1.29, 1.82) is 0 Å². The third-order valence-corrected chi connectivity index (χ3v) is 3.31. The van der Waals surface area contributed by atoms with Crippen molar-refractivity contribution < 1.29 is 14.3 Å². The van der Waals surface area contributed by atoms with Crippen molar-refractivity contribution in [3.63, 3.8) is 0 Å². The average Bonchev–Trinajstić information content (AvgIpc) is 2.52. The first-order chi connectivity index (χ1) is 10.8. The van der Waals surface area contributed by atoms with Crippen molar-refractivity contribution in [2.24, 2.45) is 0 Å². The van der Waals surface area contributed by atoms with Crippen molar-refractivity contribution in [1.82, 2.24) is 10.9 Å². The van der Waals surface area contributed by atoms with Crippen LogP contribution in [-0.2, 0) is 9.47 Å². The van der Waals surface area contributed by atoms with Gasteiger partial charge in [-0.1, -0.05) is 18.7 Å². The van der Waals surface area contributed by atoms with Gasteiger partial charge in [0.05, 0.1) is 18.9 Å². The molecule has 1 aliphatic rings. The van der Waals surface area contributed by atoms with E-state index in [2.05, 4.69) is 22.3 Å². The predicted molar refractivity (Wildman–Crippen MR) is 91.0 cm³/mol. The summed E-state index contributed by atoms with van der Waals surface area (Å²) in [6.07, 6.45) is -0.538. The fourth-order valence-electron chi connectivity index (χ4n) is 2.20. The van der Waals surface area contributed by atoms with Gasteiger partial charge in [0, 0.05) is 18.8 Å². The topological polar surface area (TPSA) is 62.8 Å². The quantitative estimate of drug-likeness (QED) is 0.835. The fourth-order valence-corrected chi connectivity index (χ4v) is 2.20. The Morgan fingerprint density at radius 3 is 2.35 bits per heavy atom. The summed E-state index contributed by atoms with van der Waals surface area (Å²) in [6.45, 7) is 12.7. The first kappa shape index (κ1) is 17.1. The molecular formula is C17H25N3O3. The van der Waals surface area contributed by atoms with E-state index in [0.717, 1.165) is 37.6 Å². The third kappa shape index (κ3) is 5.49. The molecule has 0 unspecified atom stereocenters. The van der Waals surface area contributed by atoms with E-state index < -0.39 is 11.7 Å². The molecule has 0 aromatic heterocycles. The molecule has 0 radical (unpaired) electrons. The maximum Gasteiger partial charge on any atom is 0.426 e. The first-order valence-electron chi connectivity index (χ1n) is 7.72. The van der Waals surface area contributed by atoms with Crippen molar-refractivity contribution in [2.75, 3.05) is 31.2 Å². The number of rotatable bonds is 4. The predicted octanol–water partition coefficient (Wildman–Crippen LogP) is 2.52. The lowest BCUT2D eigenvalue weighted by Gasteiger charge is -2.29. The molecule has 1 aromatic rings. The zero-order chi connectivity index (χ0) is 16.9. The number of carbonyl (C=O) groups is 1. The van der Waals surface area contributed by atoms with Crippen molar-refractivity contribution in [2.45, 2.75) is 26.4 Å². The van der Waals surface area contributed by atoms with E-state index in [0.29, 0.717) is 5.70 Å². The highest BCUT2D eigenvalue weighted by Crippen LogP contribution is 2.19. The molecule has 1 fully saturated rings. The standard InChI is InChI=1S/C17H25N3O3/c1-13(18-19-16(21)23-17(2,3)4)14-5-7-15(8-6-14)20-9-11-22-12-10-20/h5-8,18H,1,9-12H2,2-4H3,(H,19,21).